The van der Waals surface area contributed by atoms with E-state index in [1.54, 1.807) is 7.11 Å². The van der Waals surface area contributed by atoms with Crippen LogP contribution >= 0.6 is 39.1 Å². The molecule has 3 rings (SSSR count). The Bertz CT molecular complexity index is 645. The van der Waals surface area contributed by atoms with E-state index in [2.05, 4.69) is 40.2 Å². The molecule has 0 bridgehead atoms. The van der Waals surface area contributed by atoms with Crippen molar-refractivity contribution in [3.05, 3.63) is 63.1 Å². The van der Waals surface area contributed by atoms with Crippen molar-refractivity contribution in [2.24, 2.45) is 5.92 Å². The van der Waals surface area contributed by atoms with E-state index in [1.807, 2.05) is 18.2 Å². The largest absolute Gasteiger partial charge is 0.495 e. The summed E-state index contributed by atoms with van der Waals surface area (Å²) in [6.45, 7) is 0. The van der Waals surface area contributed by atoms with Gasteiger partial charge in [-0.3, -0.25) is 0 Å². The van der Waals surface area contributed by atoms with Crippen LogP contribution in [0.5, 0.6) is 5.75 Å². The number of hydrogen-bond donors (Lipinski definition) is 0. The van der Waals surface area contributed by atoms with Crippen LogP contribution in [-0.2, 0) is 0 Å². The number of halogens is 3. The highest BCUT2D eigenvalue weighted by Gasteiger charge is 2.44. The Morgan fingerprint density at radius 2 is 1.95 bits per heavy atom. The van der Waals surface area contributed by atoms with Gasteiger partial charge in [-0.2, -0.15) is 0 Å². The number of benzene rings is 2. The summed E-state index contributed by atoms with van der Waals surface area (Å²) in [4.78, 5) is 0. The summed E-state index contributed by atoms with van der Waals surface area (Å²) >= 11 is 16.4. The number of ether oxygens (including phenoxy) is 1. The molecule has 4 heteroatoms. The number of rotatable bonds is 4. The smallest absolute Gasteiger partial charge is 0.137 e. The normalized spacial score (nSPS) is 21.9. The summed E-state index contributed by atoms with van der Waals surface area (Å²) in [6.07, 6.45) is 1.10. The second-order valence-corrected chi connectivity index (χ2v) is 7.09. The maximum absolute atomic E-state index is 6.72. The molecule has 2 aromatic rings. The molecule has 0 N–H and O–H groups in total. The van der Waals surface area contributed by atoms with E-state index in [0.29, 0.717) is 16.9 Å². The summed E-state index contributed by atoms with van der Waals surface area (Å²) in [5.41, 5.74) is 2.31. The molecule has 3 unspecified atom stereocenters. The van der Waals surface area contributed by atoms with Gasteiger partial charge in [0.2, 0.25) is 0 Å². The fourth-order valence-electron chi connectivity index (χ4n) is 2.85. The minimum absolute atomic E-state index is 0.0971. The molecular weight excluding hydrogens is 371 g/mol. The zero-order valence-corrected chi connectivity index (χ0v) is 14.6. The fraction of sp³-hybridized carbons (Fsp3) is 0.294. The van der Waals surface area contributed by atoms with E-state index in [9.17, 15) is 0 Å². The zero-order valence-electron chi connectivity index (χ0n) is 11.5. The molecule has 3 atom stereocenters. The van der Waals surface area contributed by atoms with Gasteiger partial charge in [0.15, 0.2) is 0 Å². The Hall–Kier alpha value is -0.700. The second-order valence-electron chi connectivity index (χ2n) is 5.33. The lowest BCUT2D eigenvalue weighted by molar-refractivity contribution is 0.405. The van der Waals surface area contributed by atoms with E-state index >= 15 is 0 Å². The van der Waals surface area contributed by atoms with Crippen molar-refractivity contribution in [1.82, 2.24) is 0 Å². The molecule has 0 heterocycles. The molecule has 110 valence electrons. The third kappa shape index (κ3) is 3.08. The molecule has 0 aliphatic heterocycles. The van der Waals surface area contributed by atoms with Gasteiger partial charge in [-0.15, -0.1) is 11.6 Å². The van der Waals surface area contributed by atoms with Crippen molar-refractivity contribution in [1.29, 1.82) is 0 Å². The van der Waals surface area contributed by atoms with Gasteiger partial charge in [0.1, 0.15) is 5.75 Å². The number of hydrogen-bond acceptors (Lipinski definition) is 1. The highest BCUT2D eigenvalue weighted by molar-refractivity contribution is 9.10. The summed E-state index contributed by atoms with van der Waals surface area (Å²) < 4.78 is 6.32. The van der Waals surface area contributed by atoms with Crippen molar-refractivity contribution < 1.29 is 4.74 Å². The Labute approximate surface area is 143 Å². The first-order valence-electron chi connectivity index (χ1n) is 6.83. The van der Waals surface area contributed by atoms with E-state index < -0.39 is 0 Å². The molecule has 0 spiro atoms. The van der Waals surface area contributed by atoms with Crippen LogP contribution in [0.1, 0.15) is 28.8 Å². The summed E-state index contributed by atoms with van der Waals surface area (Å²) in [6, 6.07) is 14.3. The van der Waals surface area contributed by atoms with Crippen molar-refractivity contribution >= 4 is 39.1 Å². The summed E-state index contributed by atoms with van der Waals surface area (Å²) in [5.74, 6) is 1.72. The number of alkyl halides is 1. The highest BCUT2D eigenvalue weighted by atomic mass is 79.9. The molecule has 1 nitrogen and oxygen atoms in total. The van der Waals surface area contributed by atoms with Crippen LogP contribution in [0.2, 0.25) is 5.02 Å². The third-order valence-corrected chi connectivity index (χ3v) is 5.35. The Morgan fingerprint density at radius 1 is 1.24 bits per heavy atom. The summed E-state index contributed by atoms with van der Waals surface area (Å²) in [7, 11) is 1.66. The van der Waals surface area contributed by atoms with E-state index in [1.165, 1.54) is 5.56 Å². The Kier molecular flexibility index (Phi) is 4.49. The lowest BCUT2D eigenvalue weighted by atomic mass is 10.0. The van der Waals surface area contributed by atoms with Crippen LogP contribution in [0.4, 0.5) is 0 Å². The molecule has 1 saturated carbocycles. The van der Waals surface area contributed by atoms with Gasteiger partial charge in [0.05, 0.1) is 17.0 Å². The molecule has 1 aliphatic carbocycles. The van der Waals surface area contributed by atoms with Crippen LogP contribution in [-0.4, -0.2) is 7.11 Å². The fourth-order valence-corrected chi connectivity index (χ4v) is 4.29. The van der Waals surface area contributed by atoms with Crippen molar-refractivity contribution in [3.8, 4) is 5.75 Å². The second kappa shape index (κ2) is 6.20. The van der Waals surface area contributed by atoms with E-state index in [-0.39, 0.29) is 5.38 Å². The summed E-state index contributed by atoms with van der Waals surface area (Å²) in [5, 5.41) is 0.570. The average molecular weight is 386 g/mol. The lowest BCUT2D eigenvalue weighted by Gasteiger charge is -2.16. The molecule has 0 saturated heterocycles. The highest BCUT2D eigenvalue weighted by Crippen LogP contribution is 2.58. The third-order valence-electron chi connectivity index (χ3n) is 3.98. The monoisotopic (exact) mass is 384 g/mol. The predicted octanol–water partition coefficient (Wildman–Crippen LogP) is 6.19. The van der Waals surface area contributed by atoms with Gasteiger partial charge < -0.3 is 4.74 Å². The predicted molar refractivity (Wildman–Crippen MR) is 91.6 cm³/mol. The topological polar surface area (TPSA) is 9.23 Å². The average Bonchev–Trinajstić information content (AvgIpc) is 3.27. The molecule has 0 amide bonds. The van der Waals surface area contributed by atoms with Crippen molar-refractivity contribution in [2.75, 3.05) is 7.11 Å². The quantitative estimate of drug-likeness (QED) is 0.569. The van der Waals surface area contributed by atoms with Crippen LogP contribution in [0, 0.1) is 5.92 Å². The molecule has 0 radical (unpaired) electrons. The van der Waals surface area contributed by atoms with Crippen LogP contribution < -0.4 is 4.74 Å². The first-order valence-corrected chi connectivity index (χ1v) is 8.44. The van der Waals surface area contributed by atoms with Crippen molar-refractivity contribution in [3.63, 3.8) is 0 Å². The Balaban J connectivity index is 1.86. The van der Waals surface area contributed by atoms with Crippen LogP contribution in [0.25, 0.3) is 0 Å². The minimum Gasteiger partial charge on any atom is -0.495 e. The lowest BCUT2D eigenvalue weighted by Crippen LogP contribution is -2.00. The molecule has 2 aromatic carbocycles. The first kappa shape index (κ1) is 15.2. The molecule has 1 aliphatic rings. The van der Waals surface area contributed by atoms with Crippen molar-refractivity contribution in [2.45, 2.75) is 17.7 Å². The first-order chi connectivity index (χ1) is 10.1. The molecule has 0 aromatic heterocycles. The number of methoxy groups -OCH3 is 1. The Morgan fingerprint density at radius 3 is 2.62 bits per heavy atom. The van der Waals surface area contributed by atoms with Crippen LogP contribution in [0.3, 0.4) is 0 Å². The SMILES string of the molecule is COc1c(Br)cc(Cl)cc1C(Cl)C1CC1c1ccccc1. The standard InChI is InChI=1S/C17H15BrCl2O/c1-21-17-14(7-11(19)8-15(17)18)16(20)13-9-12(13)10-5-3-2-4-6-10/h2-8,12-13,16H,9H2,1H3. The van der Waals surface area contributed by atoms with Gasteiger partial charge >= 0.3 is 0 Å². The van der Waals surface area contributed by atoms with Gasteiger partial charge in [-0.1, -0.05) is 41.9 Å². The molecule has 1 fully saturated rings. The maximum atomic E-state index is 6.72. The van der Waals surface area contributed by atoms with E-state index in [4.69, 9.17) is 27.9 Å². The minimum atomic E-state index is -0.0971. The van der Waals surface area contributed by atoms with Crippen LogP contribution in [0.15, 0.2) is 46.9 Å². The van der Waals surface area contributed by atoms with Gasteiger partial charge in [0, 0.05) is 10.6 Å². The van der Waals surface area contributed by atoms with Gasteiger partial charge in [-0.05, 0) is 51.9 Å². The van der Waals surface area contributed by atoms with Gasteiger partial charge in [0.25, 0.3) is 0 Å². The zero-order chi connectivity index (χ0) is 15.0. The van der Waals surface area contributed by atoms with Gasteiger partial charge in [-0.25, -0.2) is 0 Å². The maximum Gasteiger partial charge on any atom is 0.137 e. The molecular formula is C17H15BrCl2O. The molecule has 21 heavy (non-hydrogen) atoms. The van der Waals surface area contributed by atoms with E-state index in [0.717, 1.165) is 22.2 Å².